The zero-order valence-electron chi connectivity index (χ0n) is 16.4. The number of halogens is 3. The lowest BCUT2D eigenvalue weighted by Crippen LogP contribution is -2.69. The van der Waals surface area contributed by atoms with Gasteiger partial charge in [0.2, 0.25) is 0 Å². The minimum absolute atomic E-state index is 0.245. The summed E-state index contributed by atoms with van der Waals surface area (Å²) in [7, 11) is 4.51. The van der Waals surface area contributed by atoms with Crippen LogP contribution in [0.5, 0.6) is 0 Å². The first-order valence-corrected chi connectivity index (χ1v) is 9.68. The van der Waals surface area contributed by atoms with Crippen molar-refractivity contribution in [1.29, 1.82) is 0 Å². The van der Waals surface area contributed by atoms with Gasteiger partial charge in [0.25, 0.3) is 5.04 Å². The molecular formula is C20H21F3N3O2S+. The molecule has 154 valence electrons. The summed E-state index contributed by atoms with van der Waals surface area (Å²) in [6.07, 6.45) is -2.60. The average Bonchev–Trinajstić information content (AvgIpc) is 2.72. The van der Waals surface area contributed by atoms with Crippen LogP contribution in [0.15, 0.2) is 58.8 Å². The molecular weight excluding hydrogens is 403 g/mol. The van der Waals surface area contributed by atoms with Crippen LogP contribution < -0.4 is 4.99 Å². The Labute approximate surface area is 171 Å². The second kappa shape index (κ2) is 10.1. The van der Waals surface area contributed by atoms with Crippen LogP contribution in [0, 0.1) is 0 Å². The van der Waals surface area contributed by atoms with Gasteiger partial charge in [0.05, 0.1) is 5.56 Å². The van der Waals surface area contributed by atoms with Crippen molar-refractivity contribution in [2.45, 2.75) is 6.18 Å². The molecule has 1 N–H and O–H groups in total. The second-order valence-electron chi connectivity index (χ2n) is 5.65. The fourth-order valence-electron chi connectivity index (χ4n) is 2.71. The maximum absolute atomic E-state index is 13.2. The van der Waals surface area contributed by atoms with E-state index in [1.165, 1.54) is 32.0 Å². The Morgan fingerprint density at radius 2 is 1.62 bits per heavy atom. The van der Waals surface area contributed by atoms with E-state index in [0.29, 0.717) is 16.8 Å². The highest BCUT2D eigenvalue weighted by Gasteiger charge is 2.31. The van der Waals surface area contributed by atoms with Crippen LogP contribution in [0.4, 0.5) is 13.2 Å². The summed E-state index contributed by atoms with van der Waals surface area (Å²) in [5, 5.41) is 8.85. The first kappa shape index (κ1) is 22.5. The summed E-state index contributed by atoms with van der Waals surface area (Å²) >= 11 is 1.42. The summed E-state index contributed by atoms with van der Waals surface area (Å²) in [4.78, 5) is 13.0. The molecule has 0 saturated carbocycles. The van der Waals surface area contributed by atoms with Gasteiger partial charge in [-0.25, -0.2) is 4.99 Å². The molecule has 2 aromatic carbocycles. The summed E-state index contributed by atoms with van der Waals surface area (Å²) in [6.45, 7) is 0. The molecule has 0 aliphatic heterocycles. The lowest BCUT2D eigenvalue weighted by Gasteiger charge is -2.14. The third-order valence-electron chi connectivity index (χ3n) is 3.91. The number of oxime groups is 2. The Bertz CT molecular complexity index is 941. The van der Waals surface area contributed by atoms with Crippen LogP contribution in [0.25, 0.3) is 0 Å². The van der Waals surface area contributed by atoms with E-state index in [2.05, 4.69) is 15.3 Å². The first-order chi connectivity index (χ1) is 13.9. The van der Waals surface area contributed by atoms with Gasteiger partial charge in [0.15, 0.2) is 5.71 Å². The molecule has 0 saturated heterocycles. The van der Waals surface area contributed by atoms with Crippen LogP contribution in [-0.4, -0.2) is 44.0 Å². The Morgan fingerprint density at radius 3 is 2.17 bits per heavy atom. The smallest absolute Gasteiger partial charge is 0.399 e. The molecule has 0 aromatic heterocycles. The van der Waals surface area contributed by atoms with E-state index in [9.17, 15) is 13.2 Å². The Kier molecular flexibility index (Phi) is 7.83. The Morgan fingerprint density at radius 1 is 0.966 bits per heavy atom. The topological polar surface area (TPSA) is 57.2 Å². The first-order valence-electron chi connectivity index (χ1n) is 8.46. The van der Waals surface area contributed by atoms with E-state index in [1.54, 1.807) is 37.4 Å². The van der Waals surface area contributed by atoms with Crippen LogP contribution in [0.2, 0.25) is 0 Å². The zero-order valence-corrected chi connectivity index (χ0v) is 17.2. The number of thioether (sulfide) groups is 1. The normalized spacial score (nSPS) is 13.4. The fourth-order valence-corrected chi connectivity index (χ4v) is 3.25. The van der Waals surface area contributed by atoms with E-state index in [-0.39, 0.29) is 11.3 Å². The van der Waals surface area contributed by atoms with Gasteiger partial charge < -0.3 is 9.68 Å². The van der Waals surface area contributed by atoms with E-state index >= 15 is 0 Å². The molecule has 0 spiro atoms. The van der Waals surface area contributed by atoms with Crippen molar-refractivity contribution in [2.24, 2.45) is 10.3 Å². The number of nitrogens with zero attached hydrogens (tertiary/aromatic N) is 2. The predicted molar refractivity (Wildman–Crippen MR) is 109 cm³/mol. The molecule has 9 heteroatoms. The highest BCUT2D eigenvalue weighted by atomic mass is 32.2. The maximum Gasteiger partial charge on any atom is 0.416 e. The molecule has 0 fully saturated rings. The van der Waals surface area contributed by atoms with Crippen molar-refractivity contribution in [3.8, 4) is 0 Å². The number of benzene rings is 2. The molecule has 0 amide bonds. The van der Waals surface area contributed by atoms with Crippen molar-refractivity contribution in [3.63, 3.8) is 0 Å². The highest BCUT2D eigenvalue weighted by Crippen LogP contribution is 2.30. The summed E-state index contributed by atoms with van der Waals surface area (Å²) in [6, 6.07) is 12.0. The maximum atomic E-state index is 13.2. The van der Waals surface area contributed by atoms with Gasteiger partial charge in [0, 0.05) is 16.7 Å². The lowest BCUT2D eigenvalue weighted by molar-refractivity contribution is -0.414. The molecule has 0 bridgehead atoms. The molecule has 0 aliphatic carbocycles. The van der Waals surface area contributed by atoms with Crippen LogP contribution in [0.3, 0.4) is 0 Å². The largest absolute Gasteiger partial charge is 0.416 e. The van der Waals surface area contributed by atoms with Crippen molar-refractivity contribution in [3.05, 3.63) is 70.8 Å². The SMILES string of the molecule is C[NH+]=C(SC)C(=NOC)c1ccccc1C(=NOC)c1cccc(C(F)(F)F)c1. The Balaban J connectivity index is 2.72. The monoisotopic (exact) mass is 424 g/mol. The molecule has 2 rings (SSSR count). The molecule has 0 atom stereocenters. The number of alkyl halides is 3. The average molecular weight is 424 g/mol. The third-order valence-corrected chi connectivity index (χ3v) is 4.72. The van der Waals surface area contributed by atoms with Gasteiger partial charge in [-0.3, -0.25) is 0 Å². The number of nitrogens with one attached hydrogen (secondary N) is 1. The highest BCUT2D eigenvalue weighted by molar-refractivity contribution is 8.14. The molecule has 2 aromatic rings. The van der Waals surface area contributed by atoms with Crippen LogP contribution in [-0.2, 0) is 15.9 Å². The molecule has 0 radical (unpaired) electrons. The number of hydrogen-bond donors (Lipinski definition) is 1. The van der Waals surface area contributed by atoms with Crippen LogP contribution in [0.1, 0.15) is 22.3 Å². The summed E-state index contributed by atoms with van der Waals surface area (Å²) in [5.74, 6) is 0. The standard InChI is InChI=1S/C20H20F3N3O2S/c1-24-19(29-4)18(26-28-3)16-11-6-5-10-15(16)17(25-27-2)13-8-7-9-14(12-13)20(21,22)23/h5-12H,1-4H3/p+1. The van der Waals surface area contributed by atoms with Gasteiger partial charge in [-0.1, -0.05) is 58.5 Å². The van der Waals surface area contributed by atoms with E-state index in [4.69, 9.17) is 9.68 Å². The van der Waals surface area contributed by atoms with Crippen molar-refractivity contribution in [1.82, 2.24) is 0 Å². The van der Waals surface area contributed by atoms with Crippen molar-refractivity contribution >= 4 is 28.2 Å². The number of rotatable bonds is 6. The minimum Gasteiger partial charge on any atom is -0.399 e. The van der Waals surface area contributed by atoms with Gasteiger partial charge >= 0.3 is 6.18 Å². The van der Waals surface area contributed by atoms with Gasteiger partial charge in [-0.15, -0.1) is 0 Å². The lowest BCUT2D eigenvalue weighted by atomic mass is 9.94. The predicted octanol–water partition coefficient (Wildman–Crippen LogP) is 2.93. The van der Waals surface area contributed by atoms with Gasteiger partial charge in [0.1, 0.15) is 27.0 Å². The fraction of sp³-hybridized carbons (Fsp3) is 0.250. The van der Waals surface area contributed by atoms with E-state index in [0.717, 1.165) is 17.2 Å². The molecule has 29 heavy (non-hydrogen) atoms. The van der Waals surface area contributed by atoms with Crippen molar-refractivity contribution < 1.29 is 27.8 Å². The number of hydrogen-bond acceptors (Lipinski definition) is 5. The molecule has 0 heterocycles. The quantitative estimate of drug-likeness (QED) is 0.441. The van der Waals surface area contributed by atoms with Gasteiger partial charge in [-0.05, 0) is 18.4 Å². The van der Waals surface area contributed by atoms with Crippen LogP contribution >= 0.6 is 11.8 Å². The van der Waals surface area contributed by atoms with E-state index < -0.39 is 11.7 Å². The third kappa shape index (κ3) is 5.38. The second-order valence-corrected chi connectivity index (χ2v) is 6.47. The molecule has 0 aliphatic rings. The zero-order chi connectivity index (χ0) is 21.4. The van der Waals surface area contributed by atoms with Gasteiger partial charge in [-0.2, -0.15) is 13.2 Å². The summed E-state index contributed by atoms with van der Waals surface area (Å²) < 4.78 is 39.6. The Hall–Kier alpha value is -2.81. The molecule has 5 nitrogen and oxygen atoms in total. The minimum atomic E-state index is -4.47. The molecule has 0 unspecified atom stereocenters. The summed E-state index contributed by atoms with van der Waals surface area (Å²) in [5.41, 5.74) is 1.41. The van der Waals surface area contributed by atoms with Crippen molar-refractivity contribution in [2.75, 3.05) is 27.5 Å². The van der Waals surface area contributed by atoms with E-state index in [1.807, 2.05) is 6.26 Å².